The first-order valence-corrected chi connectivity index (χ1v) is 10.2. The van der Waals surface area contributed by atoms with Crippen LogP contribution in [0.4, 0.5) is 0 Å². The highest BCUT2D eigenvalue weighted by atomic mass is 16.2. The predicted molar refractivity (Wildman–Crippen MR) is 92.7 cm³/mol. The molecular weight excluding hydrogens is 314 g/mol. The van der Waals surface area contributed by atoms with E-state index in [1.807, 2.05) is 11.7 Å². The van der Waals surface area contributed by atoms with Crippen LogP contribution in [0, 0.1) is 24.2 Å². The van der Waals surface area contributed by atoms with Gasteiger partial charge in [-0.3, -0.25) is 4.79 Å². The monoisotopic (exact) mass is 343 g/mol. The van der Waals surface area contributed by atoms with Crippen molar-refractivity contribution in [3.8, 4) is 0 Å². The van der Waals surface area contributed by atoms with Gasteiger partial charge in [-0.25, -0.2) is 0 Å². The summed E-state index contributed by atoms with van der Waals surface area (Å²) in [6, 6.07) is 0. The number of likely N-dealkylation sites (tertiary alicyclic amines) is 1. The summed E-state index contributed by atoms with van der Waals surface area (Å²) in [7, 11) is 0. The summed E-state index contributed by atoms with van der Waals surface area (Å²) in [6.45, 7) is 3.83. The molecule has 6 rings (SSSR count). The average molecular weight is 343 g/mol. The summed E-state index contributed by atoms with van der Waals surface area (Å²) < 4.78 is 0. The van der Waals surface area contributed by atoms with Gasteiger partial charge < -0.3 is 4.90 Å². The number of aryl methyl sites for hydroxylation is 1. The molecule has 6 nitrogen and oxygen atoms in total. The van der Waals surface area contributed by atoms with Crippen LogP contribution in [-0.4, -0.2) is 44.1 Å². The molecule has 0 radical (unpaired) electrons. The molecule has 4 aliphatic carbocycles. The van der Waals surface area contributed by atoms with Gasteiger partial charge in [0.25, 0.3) is 0 Å². The normalized spacial score (nSPS) is 40.3. The zero-order chi connectivity index (χ0) is 17.1. The summed E-state index contributed by atoms with van der Waals surface area (Å²) in [5.41, 5.74) is -0.219. The van der Waals surface area contributed by atoms with E-state index in [1.165, 1.54) is 32.1 Å². The van der Waals surface area contributed by atoms with Crippen molar-refractivity contribution in [2.45, 2.75) is 76.7 Å². The number of carbonyl (C=O) groups is 1. The molecule has 1 saturated heterocycles. The van der Waals surface area contributed by atoms with Gasteiger partial charge in [-0.1, -0.05) is 12.8 Å². The maximum Gasteiger partial charge on any atom is 0.228 e. The Morgan fingerprint density at radius 3 is 2.32 bits per heavy atom. The largest absolute Gasteiger partial charge is 0.342 e. The van der Waals surface area contributed by atoms with Crippen LogP contribution in [0.15, 0.2) is 0 Å². The molecule has 1 aliphatic heterocycles. The lowest BCUT2D eigenvalue weighted by Gasteiger charge is -2.60. The number of carbonyl (C=O) groups excluding carboxylic acids is 1. The van der Waals surface area contributed by atoms with Crippen LogP contribution in [0.1, 0.15) is 70.0 Å². The number of nitrogens with zero attached hydrogens (tertiary/aromatic N) is 5. The number of rotatable bonds is 2. The molecule has 4 saturated carbocycles. The lowest BCUT2D eigenvalue weighted by atomic mass is 9.46. The number of tetrazole rings is 1. The molecule has 5 aliphatic rings. The molecular formula is C19H29N5O. The number of amides is 1. The van der Waals surface area contributed by atoms with Gasteiger partial charge in [-0.2, -0.15) is 4.80 Å². The van der Waals surface area contributed by atoms with E-state index in [2.05, 4.69) is 20.3 Å². The van der Waals surface area contributed by atoms with Crippen molar-refractivity contribution in [2.75, 3.05) is 13.1 Å². The summed E-state index contributed by atoms with van der Waals surface area (Å²) in [4.78, 5) is 17.7. The van der Waals surface area contributed by atoms with E-state index in [1.54, 1.807) is 0 Å². The fraction of sp³-hybridized carbons (Fsp3) is 0.895. The Kier molecular flexibility index (Phi) is 3.48. The molecule has 0 aromatic carbocycles. The minimum absolute atomic E-state index is 0.0626. The summed E-state index contributed by atoms with van der Waals surface area (Å²) >= 11 is 0. The fourth-order valence-corrected chi connectivity index (χ4v) is 6.79. The Labute approximate surface area is 149 Å². The van der Waals surface area contributed by atoms with Crippen molar-refractivity contribution in [1.29, 1.82) is 0 Å². The van der Waals surface area contributed by atoms with Gasteiger partial charge in [0.15, 0.2) is 5.82 Å². The Bertz CT molecular complexity index is 661. The topological polar surface area (TPSA) is 63.9 Å². The molecule has 0 N–H and O–H groups in total. The molecule has 2 atom stereocenters. The Morgan fingerprint density at radius 2 is 1.72 bits per heavy atom. The van der Waals surface area contributed by atoms with Gasteiger partial charge >= 0.3 is 0 Å². The van der Waals surface area contributed by atoms with Gasteiger partial charge in [-0.15, -0.1) is 10.2 Å². The van der Waals surface area contributed by atoms with Crippen LogP contribution < -0.4 is 0 Å². The zero-order valence-electron chi connectivity index (χ0n) is 15.3. The van der Waals surface area contributed by atoms with Crippen LogP contribution in [0.2, 0.25) is 0 Å². The second-order valence-corrected chi connectivity index (χ2v) is 9.30. The first-order chi connectivity index (χ1) is 12.1. The lowest BCUT2D eigenvalue weighted by molar-refractivity contribution is -0.167. The first kappa shape index (κ1) is 15.8. The van der Waals surface area contributed by atoms with Gasteiger partial charge in [0.2, 0.25) is 5.91 Å². The van der Waals surface area contributed by atoms with Gasteiger partial charge in [0.05, 0.1) is 11.0 Å². The third-order valence-electron chi connectivity index (χ3n) is 7.32. The predicted octanol–water partition coefficient (Wildman–Crippen LogP) is 2.68. The van der Waals surface area contributed by atoms with Crippen molar-refractivity contribution in [2.24, 2.45) is 17.3 Å². The molecule has 136 valence electrons. The highest BCUT2D eigenvalue weighted by molar-refractivity contribution is 5.83. The SMILES string of the molecule is Cc1nnn(C23CC4CC(CC(C(=O)N5CCCCCC5)(C4)C2)C3)n1. The van der Waals surface area contributed by atoms with Gasteiger partial charge in [0, 0.05) is 13.1 Å². The summed E-state index contributed by atoms with van der Waals surface area (Å²) in [6.07, 6.45) is 11.6. The van der Waals surface area contributed by atoms with Gasteiger partial charge in [-0.05, 0) is 75.3 Å². The molecule has 25 heavy (non-hydrogen) atoms. The van der Waals surface area contributed by atoms with Crippen molar-refractivity contribution in [1.82, 2.24) is 25.1 Å². The van der Waals surface area contributed by atoms with E-state index >= 15 is 0 Å². The van der Waals surface area contributed by atoms with E-state index < -0.39 is 0 Å². The third-order valence-corrected chi connectivity index (χ3v) is 7.32. The van der Waals surface area contributed by atoms with Crippen molar-refractivity contribution in [3.05, 3.63) is 5.82 Å². The van der Waals surface area contributed by atoms with Crippen LogP contribution in [0.5, 0.6) is 0 Å². The molecule has 2 heterocycles. The minimum Gasteiger partial charge on any atom is -0.342 e. The van der Waals surface area contributed by atoms with E-state index in [0.717, 1.165) is 51.0 Å². The standard InChI is InChI=1S/C19H29N5O/c1-14-20-22-24(21-14)19-11-15-8-16(12-19)10-18(9-15,13-19)17(25)23-6-4-2-3-5-7-23/h15-16H,2-13H2,1H3. The zero-order valence-corrected chi connectivity index (χ0v) is 15.3. The summed E-state index contributed by atoms with van der Waals surface area (Å²) in [5, 5.41) is 13.1. The van der Waals surface area contributed by atoms with Crippen LogP contribution >= 0.6 is 0 Å². The molecule has 4 bridgehead atoms. The van der Waals surface area contributed by atoms with E-state index in [9.17, 15) is 4.79 Å². The number of hydrogen-bond acceptors (Lipinski definition) is 4. The highest BCUT2D eigenvalue weighted by Gasteiger charge is 2.62. The van der Waals surface area contributed by atoms with Crippen LogP contribution in [0.25, 0.3) is 0 Å². The number of aromatic nitrogens is 4. The highest BCUT2D eigenvalue weighted by Crippen LogP contribution is 2.64. The molecule has 1 aromatic rings. The molecule has 2 unspecified atom stereocenters. The Balaban J connectivity index is 1.48. The third kappa shape index (κ3) is 2.43. The van der Waals surface area contributed by atoms with E-state index in [0.29, 0.717) is 17.7 Å². The molecule has 6 heteroatoms. The lowest BCUT2D eigenvalue weighted by Crippen LogP contribution is -2.61. The second kappa shape index (κ2) is 5.52. The smallest absolute Gasteiger partial charge is 0.228 e. The molecule has 1 amide bonds. The minimum atomic E-state index is -0.157. The van der Waals surface area contributed by atoms with Crippen molar-refractivity contribution in [3.63, 3.8) is 0 Å². The Hall–Kier alpha value is -1.46. The van der Waals surface area contributed by atoms with Crippen LogP contribution in [0.3, 0.4) is 0 Å². The Morgan fingerprint density at radius 1 is 1.04 bits per heavy atom. The summed E-state index contributed by atoms with van der Waals surface area (Å²) in [5.74, 6) is 2.50. The molecule has 5 fully saturated rings. The maximum absolute atomic E-state index is 13.6. The van der Waals surface area contributed by atoms with E-state index in [4.69, 9.17) is 0 Å². The fourth-order valence-electron chi connectivity index (χ4n) is 6.79. The van der Waals surface area contributed by atoms with Crippen molar-refractivity contribution >= 4 is 5.91 Å². The van der Waals surface area contributed by atoms with Crippen molar-refractivity contribution < 1.29 is 4.79 Å². The number of hydrogen-bond donors (Lipinski definition) is 0. The quantitative estimate of drug-likeness (QED) is 0.828. The first-order valence-electron chi connectivity index (χ1n) is 10.2. The molecule has 0 spiro atoms. The van der Waals surface area contributed by atoms with E-state index in [-0.39, 0.29) is 11.0 Å². The van der Waals surface area contributed by atoms with Crippen LogP contribution in [-0.2, 0) is 10.3 Å². The molecule has 1 aromatic heterocycles. The second-order valence-electron chi connectivity index (χ2n) is 9.30. The average Bonchev–Trinajstić information content (AvgIpc) is 2.85. The van der Waals surface area contributed by atoms with Gasteiger partial charge in [0.1, 0.15) is 0 Å². The maximum atomic E-state index is 13.6.